The van der Waals surface area contributed by atoms with Gasteiger partial charge in [0.05, 0.1) is 11.3 Å². The summed E-state index contributed by atoms with van der Waals surface area (Å²) in [6, 6.07) is 7.60. The highest BCUT2D eigenvalue weighted by molar-refractivity contribution is 7.07. The van der Waals surface area contributed by atoms with Gasteiger partial charge in [0, 0.05) is 26.3 Å². The summed E-state index contributed by atoms with van der Waals surface area (Å²) in [4.78, 5) is 26.9. The second-order valence-electron chi connectivity index (χ2n) is 4.88. The third-order valence-corrected chi connectivity index (χ3v) is 4.26. The fourth-order valence-corrected chi connectivity index (χ4v) is 3.01. The Morgan fingerprint density at radius 2 is 2.05 bits per heavy atom. The molecular formula is C15H14N2O2S. The molecule has 2 heterocycles. The lowest BCUT2D eigenvalue weighted by atomic mass is 10.1. The van der Waals surface area contributed by atoms with E-state index in [-0.39, 0.29) is 0 Å². The molecule has 0 saturated carbocycles. The van der Waals surface area contributed by atoms with E-state index < -0.39 is 11.7 Å². The van der Waals surface area contributed by atoms with Crippen LogP contribution in [0.25, 0.3) is 0 Å². The van der Waals surface area contributed by atoms with Gasteiger partial charge in [-0.05, 0) is 40.6 Å². The van der Waals surface area contributed by atoms with Crippen molar-refractivity contribution in [2.75, 3.05) is 23.9 Å². The molecule has 0 fully saturated rings. The van der Waals surface area contributed by atoms with Crippen molar-refractivity contribution in [2.24, 2.45) is 0 Å². The molecule has 1 aromatic carbocycles. The highest BCUT2D eigenvalue weighted by Gasteiger charge is 2.33. The molecule has 0 unspecified atom stereocenters. The molecule has 3 rings (SSSR count). The lowest BCUT2D eigenvalue weighted by Crippen LogP contribution is -2.24. The van der Waals surface area contributed by atoms with E-state index in [0.29, 0.717) is 11.3 Å². The number of anilines is 2. The van der Waals surface area contributed by atoms with E-state index >= 15 is 0 Å². The van der Waals surface area contributed by atoms with Crippen molar-refractivity contribution in [1.29, 1.82) is 0 Å². The molecule has 1 aliphatic heterocycles. The number of hydrogen-bond acceptors (Lipinski definition) is 4. The number of amides is 1. The number of carbonyl (C=O) groups excluding carboxylic acids is 2. The van der Waals surface area contributed by atoms with Crippen LogP contribution < -0.4 is 9.80 Å². The Balaban J connectivity index is 1.90. The molecule has 1 aromatic heterocycles. The number of carbonyl (C=O) groups is 2. The van der Waals surface area contributed by atoms with Gasteiger partial charge in [0.2, 0.25) is 0 Å². The molecular weight excluding hydrogens is 272 g/mol. The van der Waals surface area contributed by atoms with Gasteiger partial charge in [0.15, 0.2) is 0 Å². The summed E-state index contributed by atoms with van der Waals surface area (Å²) in [5.41, 5.74) is 3.42. The molecule has 0 aliphatic carbocycles. The highest BCUT2D eigenvalue weighted by Crippen LogP contribution is 2.32. The Bertz CT molecular complexity index is 679. The molecule has 5 heteroatoms. The van der Waals surface area contributed by atoms with Crippen LogP contribution in [0.5, 0.6) is 0 Å². The van der Waals surface area contributed by atoms with E-state index in [4.69, 9.17) is 0 Å². The van der Waals surface area contributed by atoms with Crippen LogP contribution in [0.4, 0.5) is 11.4 Å². The van der Waals surface area contributed by atoms with Crippen molar-refractivity contribution < 1.29 is 9.59 Å². The highest BCUT2D eigenvalue weighted by atomic mass is 32.1. The predicted octanol–water partition coefficient (Wildman–Crippen LogP) is 2.54. The van der Waals surface area contributed by atoms with Crippen LogP contribution in [0, 0.1) is 0 Å². The normalized spacial score (nSPS) is 13.8. The summed E-state index contributed by atoms with van der Waals surface area (Å²) in [6.07, 6.45) is 0. The maximum Gasteiger partial charge on any atom is 0.299 e. The number of ketones is 1. The summed E-state index contributed by atoms with van der Waals surface area (Å²) in [5, 5.41) is 4.17. The SMILES string of the molecule is CN(Cc1ccsc1)c1ccc2c(c1)N(C)C(=O)C2=O. The van der Waals surface area contributed by atoms with E-state index in [1.807, 2.05) is 19.2 Å². The monoisotopic (exact) mass is 286 g/mol. The number of thiophene rings is 1. The van der Waals surface area contributed by atoms with Gasteiger partial charge in [-0.25, -0.2) is 0 Å². The molecule has 0 N–H and O–H groups in total. The standard InChI is InChI=1S/C15H14N2O2S/c1-16(8-10-5-6-20-9-10)11-3-4-12-13(7-11)17(2)15(19)14(12)18/h3-7,9H,8H2,1-2H3. The van der Waals surface area contributed by atoms with Crippen molar-refractivity contribution in [3.63, 3.8) is 0 Å². The van der Waals surface area contributed by atoms with Crippen molar-refractivity contribution in [3.8, 4) is 0 Å². The van der Waals surface area contributed by atoms with Gasteiger partial charge >= 0.3 is 0 Å². The van der Waals surface area contributed by atoms with Crippen LogP contribution in [0.2, 0.25) is 0 Å². The summed E-state index contributed by atoms with van der Waals surface area (Å²) >= 11 is 1.67. The molecule has 0 spiro atoms. The third kappa shape index (κ3) is 2.00. The van der Waals surface area contributed by atoms with Gasteiger partial charge in [-0.2, -0.15) is 11.3 Å². The van der Waals surface area contributed by atoms with Crippen LogP contribution in [0.15, 0.2) is 35.0 Å². The molecule has 4 nitrogen and oxygen atoms in total. The van der Waals surface area contributed by atoms with E-state index in [0.717, 1.165) is 12.2 Å². The average molecular weight is 286 g/mol. The number of nitrogens with zero attached hydrogens (tertiary/aromatic N) is 2. The lowest BCUT2D eigenvalue weighted by Gasteiger charge is -2.20. The lowest BCUT2D eigenvalue weighted by molar-refractivity contribution is -0.114. The van der Waals surface area contributed by atoms with Gasteiger partial charge in [-0.3, -0.25) is 9.59 Å². The zero-order valence-electron chi connectivity index (χ0n) is 11.3. The third-order valence-electron chi connectivity index (χ3n) is 3.53. The zero-order chi connectivity index (χ0) is 14.3. The smallest absolute Gasteiger partial charge is 0.299 e. The summed E-state index contributed by atoms with van der Waals surface area (Å²) in [5.74, 6) is -0.882. The van der Waals surface area contributed by atoms with Crippen molar-refractivity contribution in [3.05, 3.63) is 46.2 Å². The first-order valence-corrected chi connectivity index (χ1v) is 7.21. The summed E-state index contributed by atoms with van der Waals surface area (Å²) in [7, 11) is 3.63. The number of likely N-dealkylation sites (N-methyl/N-ethyl adjacent to an activating group) is 1. The van der Waals surface area contributed by atoms with Crippen LogP contribution in [-0.4, -0.2) is 25.8 Å². The number of benzene rings is 1. The van der Waals surface area contributed by atoms with Crippen LogP contribution >= 0.6 is 11.3 Å². The van der Waals surface area contributed by atoms with Crippen LogP contribution in [0.1, 0.15) is 15.9 Å². The minimum absolute atomic E-state index is 0.422. The Hall–Kier alpha value is -2.14. The predicted molar refractivity (Wildman–Crippen MR) is 80.6 cm³/mol. The van der Waals surface area contributed by atoms with Gasteiger partial charge in [0.25, 0.3) is 11.7 Å². The molecule has 0 radical (unpaired) electrons. The van der Waals surface area contributed by atoms with E-state index in [9.17, 15) is 9.59 Å². The molecule has 102 valence electrons. The van der Waals surface area contributed by atoms with E-state index in [2.05, 4.69) is 21.7 Å². The first-order chi connectivity index (χ1) is 9.58. The Morgan fingerprint density at radius 1 is 1.25 bits per heavy atom. The first-order valence-electron chi connectivity index (χ1n) is 6.26. The molecule has 0 atom stereocenters. The molecule has 0 bridgehead atoms. The molecule has 0 saturated heterocycles. The van der Waals surface area contributed by atoms with Crippen LogP contribution in [-0.2, 0) is 11.3 Å². The largest absolute Gasteiger partial charge is 0.370 e. The summed E-state index contributed by atoms with van der Waals surface area (Å²) in [6.45, 7) is 0.799. The Labute approximate surface area is 121 Å². The van der Waals surface area contributed by atoms with Crippen molar-refractivity contribution in [1.82, 2.24) is 0 Å². The number of fused-ring (bicyclic) bond motifs is 1. The first kappa shape index (κ1) is 12.9. The van der Waals surface area contributed by atoms with Gasteiger partial charge < -0.3 is 9.80 Å². The molecule has 2 aromatic rings. The number of rotatable bonds is 3. The van der Waals surface area contributed by atoms with Gasteiger partial charge in [-0.1, -0.05) is 0 Å². The second kappa shape index (κ2) is 4.76. The number of Topliss-reactive ketones (excluding diaryl/α,β-unsaturated/α-hetero) is 1. The quantitative estimate of drug-likeness (QED) is 0.814. The van der Waals surface area contributed by atoms with Gasteiger partial charge in [-0.15, -0.1) is 0 Å². The van der Waals surface area contributed by atoms with Crippen molar-refractivity contribution >= 4 is 34.4 Å². The Morgan fingerprint density at radius 3 is 2.75 bits per heavy atom. The minimum Gasteiger partial charge on any atom is -0.370 e. The van der Waals surface area contributed by atoms with Crippen molar-refractivity contribution in [2.45, 2.75) is 6.54 Å². The number of hydrogen-bond donors (Lipinski definition) is 0. The van der Waals surface area contributed by atoms with Crippen LogP contribution in [0.3, 0.4) is 0 Å². The molecule has 1 aliphatic rings. The van der Waals surface area contributed by atoms with Gasteiger partial charge in [0.1, 0.15) is 0 Å². The average Bonchev–Trinajstić information content (AvgIpc) is 3.03. The Kier molecular flexibility index (Phi) is 3.06. The molecule has 1 amide bonds. The summed E-state index contributed by atoms with van der Waals surface area (Å²) < 4.78 is 0. The minimum atomic E-state index is -0.461. The zero-order valence-corrected chi connectivity index (χ0v) is 12.1. The maximum atomic E-state index is 11.7. The maximum absolute atomic E-state index is 11.7. The topological polar surface area (TPSA) is 40.6 Å². The molecule has 20 heavy (non-hydrogen) atoms. The fraction of sp³-hybridized carbons (Fsp3) is 0.200. The van der Waals surface area contributed by atoms with E-state index in [1.165, 1.54) is 10.5 Å². The van der Waals surface area contributed by atoms with E-state index in [1.54, 1.807) is 24.5 Å². The fourth-order valence-electron chi connectivity index (χ4n) is 2.35. The second-order valence-corrected chi connectivity index (χ2v) is 5.66.